The Morgan fingerprint density at radius 3 is 2.86 bits per heavy atom. The SMILES string of the molecule is CN=C(NCCC(=O)NC1CCS(=O)(=O)C1)NC1CCN(c2ncccc2Cl)C1. The zero-order valence-corrected chi connectivity index (χ0v) is 18.0. The molecule has 0 aromatic carbocycles. The Kier molecular flexibility index (Phi) is 7.18. The van der Waals surface area contributed by atoms with Crippen LogP contribution < -0.4 is 20.9 Å². The van der Waals surface area contributed by atoms with E-state index in [2.05, 4.69) is 30.8 Å². The molecular formula is C18H27ClN6O3S. The summed E-state index contributed by atoms with van der Waals surface area (Å²) in [7, 11) is -1.31. The van der Waals surface area contributed by atoms with Gasteiger partial charge in [-0.25, -0.2) is 13.4 Å². The first-order chi connectivity index (χ1) is 13.9. The first-order valence-electron chi connectivity index (χ1n) is 9.69. The molecule has 160 valence electrons. The molecule has 2 saturated heterocycles. The monoisotopic (exact) mass is 442 g/mol. The Labute approximate surface area is 176 Å². The van der Waals surface area contributed by atoms with Gasteiger partial charge in [-0.2, -0.15) is 0 Å². The minimum Gasteiger partial charge on any atom is -0.356 e. The van der Waals surface area contributed by atoms with Gasteiger partial charge in [0.05, 0.1) is 16.5 Å². The number of amides is 1. The summed E-state index contributed by atoms with van der Waals surface area (Å²) in [5.74, 6) is 1.43. The average Bonchev–Trinajstić information content (AvgIpc) is 3.27. The molecule has 1 aromatic rings. The van der Waals surface area contributed by atoms with Gasteiger partial charge in [-0.15, -0.1) is 0 Å². The van der Waals surface area contributed by atoms with Gasteiger partial charge in [-0.05, 0) is 25.0 Å². The quantitative estimate of drug-likeness (QED) is 0.425. The topological polar surface area (TPSA) is 116 Å². The van der Waals surface area contributed by atoms with E-state index >= 15 is 0 Å². The number of carbonyl (C=O) groups excluding carboxylic acids is 1. The van der Waals surface area contributed by atoms with Crippen molar-refractivity contribution >= 4 is 39.1 Å². The van der Waals surface area contributed by atoms with Crippen molar-refractivity contribution in [1.29, 1.82) is 0 Å². The number of rotatable bonds is 6. The highest BCUT2D eigenvalue weighted by atomic mass is 35.5. The Bertz CT molecular complexity index is 863. The summed E-state index contributed by atoms with van der Waals surface area (Å²) in [6.45, 7) is 2.01. The van der Waals surface area contributed by atoms with Crippen molar-refractivity contribution in [2.45, 2.75) is 31.3 Å². The molecular weight excluding hydrogens is 416 g/mol. The number of guanidine groups is 1. The van der Waals surface area contributed by atoms with Crippen molar-refractivity contribution in [3.63, 3.8) is 0 Å². The fraction of sp³-hybridized carbons (Fsp3) is 0.611. The van der Waals surface area contributed by atoms with Gasteiger partial charge in [0.1, 0.15) is 5.82 Å². The number of nitrogens with zero attached hydrogens (tertiary/aromatic N) is 3. The van der Waals surface area contributed by atoms with Gasteiger partial charge in [-0.3, -0.25) is 9.79 Å². The molecule has 2 fully saturated rings. The van der Waals surface area contributed by atoms with Gasteiger partial charge >= 0.3 is 0 Å². The van der Waals surface area contributed by atoms with Crippen LogP contribution in [-0.2, 0) is 14.6 Å². The first-order valence-corrected chi connectivity index (χ1v) is 11.9. The molecule has 0 spiro atoms. The van der Waals surface area contributed by atoms with E-state index in [1.54, 1.807) is 13.2 Å². The molecule has 2 aliphatic rings. The second-order valence-corrected chi connectivity index (χ2v) is 9.94. The third-order valence-electron chi connectivity index (χ3n) is 5.03. The third kappa shape index (κ3) is 6.20. The third-order valence-corrected chi connectivity index (χ3v) is 7.10. The van der Waals surface area contributed by atoms with E-state index < -0.39 is 9.84 Å². The number of halogens is 1. The van der Waals surface area contributed by atoms with Crippen LogP contribution in [0.15, 0.2) is 23.3 Å². The minimum atomic E-state index is -3.00. The second-order valence-electron chi connectivity index (χ2n) is 7.30. The lowest BCUT2D eigenvalue weighted by atomic mass is 10.2. The summed E-state index contributed by atoms with van der Waals surface area (Å²) in [6, 6.07) is 3.56. The predicted molar refractivity (Wildman–Crippen MR) is 114 cm³/mol. The zero-order valence-electron chi connectivity index (χ0n) is 16.4. The van der Waals surface area contributed by atoms with E-state index in [9.17, 15) is 13.2 Å². The van der Waals surface area contributed by atoms with E-state index in [0.717, 1.165) is 25.3 Å². The fourth-order valence-corrected chi connectivity index (χ4v) is 5.49. The Hall–Kier alpha value is -2.07. The lowest BCUT2D eigenvalue weighted by Crippen LogP contribution is -2.46. The van der Waals surface area contributed by atoms with Gasteiger partial charge in [-0.1, -0.05) is 11.6 Å². The number of aliphatic imine (C=N–C) groups is 1. The van der Waals surface area contributed by atoms with Crippen molar-refractivity contribution in [3.05, 3.63) is 23.4 Å². The van der Waals surface area contributed by atoms with E-state index in [1.807, 2.05) is 12.1 Å². The Morgan fingerprint density at radius 1 is 1.34 bits per heavy atom. The van der Waals surface area contributed by atoms with E-state index in [0.29, 0.717) is 23.9 Å². The molecule has 2 unspecified atom stereocenters. The summed E-state index contributed by atoms with van der Waals surface area (Å²) in [6.07, 6.45) is 3.39. The van der Waals surface area contributed by atoms with Crippen LogP contribution in [0.2, 0.25) is 5.02 Å². The number of nitrogens with one attached hydrogen (secondary N) is 3. The predicted octanol–water partition coefficient (Wildman–Crippen LogP) is 0.172. The molecule has 9 nitrogen and oxygen atoms in total. The van der Waals surface area contributed by atoms with Crippen LogP contribution in [0.5, 0.6) is 0 Å². The normalized spacial score (nSPS) is 23.8. The molecule has 0 radical (unpaired) electrons. The van der Waals surface area contributed by atoms with Gasteiger partial charge in [0.15, 0.2) is 15.8 Å². The number of aromatic nitrogens is 1. The molecule has 3 rings (SSSR count). The maximum Gasteiger partial charge on any atom is 0.222 e. The molecule has 2 aliphatic heterocycles. The molecule has 0 saturated carbocycles. The van der Waals surface area contributed by atoms with Crippen LogP contribution in [0.1, 0.15) is 19.3 Å². The summed E-state index contributed by atoms with van der Waals surface area (Å²) in [4.78, 5) is 22.7. The number of hydrogen-bond donors (Lipinski definition) is 3. The average molecular weight is 443 g/mol. The zero-order chi connectivity index (χ0) is 20.9. The Balaban J connectivity index is 1.39. The van der Waals surface area contributed by atoms with Crippen LogP contribution in [-0.4, -0.2) is 75.5 Å². The minimum absolute atomic E-state index is 0.0356. The van der Waals surface area contributed by atoms with Crippen LogP contribution in [0.25, 0.3) is 0 Å². The molecule has 0 bridgehead atoms. The molecule has 3 heterocycles. The molecule has 0 aliphatic carbocycles. The molecule has 1 aromatic heterocycles. The lowest BCUT2D eigenvalue weighted by molar-refractivity contribution is -0.121. The van der Waals surface area contributed by atoms with Crippen molar-refractivity contribution in [3.8, 4) is 0 Å². The number of pyridine rings is 1. The second kappa shape index (κ2) is 9.62. The largest absolute Gasteiger partial charge is 0.356 e. The van der Waals surface area contributed by atoms with Crippen LogP contribution >= 0.6 is 11.6 Å². The maximum absolute atomic E-state index is 12.0. The van der Waals surface area contributed by atoms with Gasteiger partial charge in [0.25, 0.3) is 0 Å². The number of carbonyl (C=O) groups is 1. The number of anilines is 1. The summed E-state index contributed by atoms with van der Waals surface area (Å²) in [5.41, 5.74) is 0. The standard InChI is InChI=1S/C18H27ClN6O3S/c1-20-18(22-8-4-16(26)23-14-6-10-29(27,28)12-14)24-13-5-9-25(11-13)17-15(19)3-2-7-21-17/h2-3,7,13-14H,4-6,8-12H2,1H3,(H,23,26)(H2,20,22,24). The fourth-order valence-electron chi connectivity index (χ4n) is 3.57. The first kappa shape index (κ1) is 21.6. The van der Waals surface area contributed by atoms with Crippen molar-refractivity contribution < 1.29 is 13.2 Å². The number of sulfone groups is 1. The number of hydrogen-bond acceptors (Lipinski definition) is 6. The molecule has 3 N–H and O–H groups in total. The molecule has 29 heavy (non-hydrogen) atoms. The van der Waals surface area contributed by atoms with E-state index in [4.69, 9.17) is 11.6 Å². The summed E-state index contributed by atoms with van der Waals surface area (Å²) >= 11 is 6.23. The van der Waals surface area contributed by atoms with Crippen molar-refractivity contribution in [1.82, 2.24) is 20.9 Å². The van der Waals surface area contributed by atoms with Gasteiger partial charge < -0.3 is 20.9 Å². The highest BCUT2D eigenvalue weighted by Crippen LogP contribution is 2.25. The Morgan fingerprint density at radius 2 is 2.17 bits per heavy atom. The maximum atomic E-state index is 12.0. The molecule has 1 amide bonds. The van der Waals surface area contributed by atoms with Crippen molar-refractivity contribution in [2.24, 2.45) is 4.99 Å². The van der Waals surface area contributed by atoms with E-state index in [-0.39, 0.29) is 35.9 Å². The highest BCUT2D eigenvalue weighted by molar-refractivity contribution is 7.91. The van der Waals surface area contributed by atoms with E-state index in [1.165, 1.54) is 0 Å². The smallest absolute Gasteiger partial charge is 0.222 e. The summed E-state index contributed by atoms with van der Waals surface area (Å²) in [5, 5.41) is 9.91. The van der Waals surface area contributed by atoms with Gasteiger partial charge in [0, 0.05) is 51.4 Å². The van der Waals surface area contributed by atoms with Gasteiger partial charge in [0.2, 0.25) is 5.91 Å². The summed E-state index contributed by atoms with van der Waals surface area (Å²) < 4.78 is 22.9. The highest BCUT2D eigenvalue weighted by Gasteiger charge is 2.29. The van der Waals surface area contributed by atoms with Crippen LogP contribution in [0.3, 0.4) is 0 Å². The molecule has 11 heteroatoms. The van der Waals surface area contributed by atoms with Crippen LogP contribution in [0.4, 0.5) is 5.82 Å². The van der Waals surface area contributed by atoms with Crippen molar-refractivity contribution in [2.75, 3.05) is 43.1 Å². The van der Waals surface area contributed by atoms with Crippen LogP contribution in [0, 0.1) is 0 Å². The molecule has 2 atom stereocenters. The lowest BCUT2D eigenvalue weighted by Gasteiger charge is -2.20.